The number of ether oxygens (including phenoxy) is 1. The van der Waals surface area contributed by atoms with E-state index < -0.39 is 0 Å². The summed E-state index contributed by atoms with van der Waals surface area (Å²) in [5.74, 6) is 0.0236. The molecule has 0 spiro atoms. The molecule has 1 rings (SSSR count). The van der Waals surface area contributed by atoms with Crippen LogP contribution >= 0.6 is 0 Å². The number of benzene rings is 1. The van der Waals surface area contributed by atoms with E-state index in [1.807, 2.05) is 25.1 Å². The Labute approximate surface area is 97.0 Å². The van der Waals surface area contributed by atoms with Crippen molar-refractivity contribution in [3.63, 3.8) is 0 Å². The van der Waals surface area contributed by atoms with Gasteiger partial charge in [0, 0.05) is 19.3 Å². The van der Waals surface area contributed by atoms with E-state index in [-0.39, 0.29) is 5.92 Å². The smallest absolute Gasteiger partial charge is 0.0671 e. The van der Waals surface area contributed by atoms with Gasteiger partial charge in [-0.25, -0.2) is 0 Å². The quantitative estimate of drug-likeness (QED) is 0.797. The van der Waals surface area contributed by atoms with Crippen molar-refractivity contribution in [1.82, 2.24) is 0 Å². The zero-order valence-corrected chi connectivity index (χ0v) is 9.86. The number of nitriles is 1. The highest BCUT2D eigenvalue weighted by Gasteiger charge is 2.03. The lowest BCUT2D eigenvalue weighted by Crippen LogP contribution is -2.11. The van der Waals surface area contributed by atoms with Crippen LogP contribution in [-0.2, 0) is 11.2 Å². The molecule has 3 heteroatoms. The van der Waals surface area contributed by atoms with Crippen molar-refractivity contribution in [3.8, 4) is 6.07 Å². The number of hydrogen-bond acceptors (Lipinski definition) is 3. The lowest BCUT2D eigenvalue weighted by Gasteiger charge is -2.12. The van der Waals surface area contributed by atoms with Gasteiger partial charge in [-0.15, -0.1) is 0 Å². The summed E-state index contributed by atoms with van der Waals surface area (Å²) in [5.41, 5.74) is 2.33. The SMILES string of the molecule is COCCc1ccccc1NCC(C)C#N. The number of methoxy groups -OCH3 is 1. The molecule has 0 fully saturated rings. The predicted molar refractivity (Wildman–Crippen MR) is 65.3 cm³/mol. The minimum absolute atomic E-state index is 0.0236. The van der Waals surface area contributed by atoms with Crippen molar-refractivity contribution in [3.05, 3.63) is 29.8 Å². The molecular formula is C13H18N2O. The van der Waals surface area contributed by atoms with Crippen LogP contribution in [0.1, 0.15) is 12.5 Å². The normalized spacial score (nSPS) is 11.8. The third-order valence-corrected chi connectivity index (χ3v) is 2.41. The summed E-state index contributed by atoms with van der Waals surface area (Å²) in [6, 6.07) is 10.3. The van der Waals surface area contributed by atoms with Crippen molar-refractivity contribution in [1.29, 1.82) is 5.26 Å². The molecule has 0 heterocycles. The van der Waals surface area contributed by atoms with Crippen LogP contribution in [0.4, 0.5) is 5.69 Å². The van der Waals surface area contributed by atoms with Gasteiger partial charge in [-0.3, -0.25) is 0 Å². The molecule has 0 radical (unpaired) electrons. The lowest BCUT2D eigenvalue weighted by atomic mass is 10.1. The second kappa shape index (κ2) is 6.86. The minimum Gasteiger partial charge on any atom is -0.384 e. The second-order valence-corrected chi connectivity index (χ2v) is 3.81. The summed E-state index contributed by atoms with van der Waals surface area (Å²) in [7, 11) is 1.70. The molecule has 1 aromatic carbocycles. The fraction of sp³-hybridized carbons (Fsp3) is 0.462. The summed E-state index contributed by atoms with van der Waals surface area (Å²) >= 11 is 0. The topological polar surface area (TPSA) is 45.0 Å². The first-order valence-electron chi connectivity index (χ1n) is 5.48. The van der Waals surface area contributed by atoms with Crippen molar-refractivity contribution in [2.24, 2.45) is 5.92 Å². The largest absolute Gasteiger partial charge is 0.384 e. The van der Waals surface area contributed by atoms with Crippen LogP contribution in [-0.4, -0.2) is 20.3 Å². The Morgan fingerprint density at radius 3 is 2.88 bits per heavy atom. The van der Waals surface area contributed by atoms with E-state index in [1.54, 1.807) is 7.11 Å². The molecule has 3 nitrogen and oxygen atoms in total. The Hall–Kier alpha value is -1.53. The standard InChI is InChI=1S/C13H18N2O/c1-11(9-14)10-15-13-6-4-3-5-12(13)7-8-16-2/h3-6,11,15H,7-8,10H2,1-2H3. The molecule has 1 aromatic rings. The number of anilines is 1. The first-order chi connectivity index (χ1) is 7.77. The van der Waals surface area contributed by atoms with E-state index in [0.717, 1.165) is 12.1 Å². The summed E-state index contributed by atoms with van der Waals surface area (Å²) in [6.07, 6.45) is 0.889. The zero-order chi connectivity index (χ0) is 11.8. The molecule has 1 unspecified atom stereocenters. The van der Waals surface area contributed by atoms with Gasteiger partial charge in [0.05, 0.1) is 18.6 Å². The van der Waals surface area contributed by atoms with Crippen LogP contribution in [0.3, 0.4) is 0 Å². The van der Waals surface area contributed by atoms with Crippen LogP contribution < -0.4 is 5.32 Å². The molecule has 1 N–H and O–H groups in total. The van der Waals surface area contributed by atoms with Gasteiger partial charge in [-0.05, 0) is 25.0 Å². The average Bonchev–Trinajstić information content (AvgIpc) is 2.34. The number of para-hydroxylation sites is 1. The first kappa shape index (κ1) is 12.5. The maximum absolute atomic E-state index is 8.71. The van der Waals surface area contributed by atoms with Gasteiger partial charge in [-0.1, -0.05) is 18.2 Å². The Balaban J connectivity index is 2.60. The van der Waals surface area contributed by atoms with Crippen molar-refractivity contribution in [2.75, 3.05) is 25.6 Å². The number of rotatable bonds is 6. The maximum atomic E-state index is 8.71. The van der Waals surface area contributed by atoms with Gasteiger partial charge >= 0.3 is 0 Å². The molecule has 1 atom stereocenters. The number of nitrogens with zero attached hydrogens (tertiary/aromatic N) is 1. The Bertz CT molecular complexity index is 357. The van der Waals surface area contributed by atoms with E-state index in [1.165, 1.54) is 5.56 Å². The molecule has 0 amide bonds. The molecule has 0 saturated carbocycles. The van der Waals surface area contributed by atoms with E-state index >= 15 is 0 Å². The van der Waals surface area contributed by atoms with Gasteiger partial charge in [0.15, 0.2) is 0 Å². The maximum Gasteiger partial charge on any atom is 0.0671 e. The number of hydrogen-bond donors (Lipinski definition) is 1. The predicted octanol–water partition coefficient (Wildman–Crippen LogP) is 2.45. The second-order valence-electron chi connectivity index (χ2n) is 3.81. The molecule has 0 saturated heterocycles. The van der Waals surface area contributed by atoms with Crippen LogP contribution in [0.5, 0.6) is 0 Å². The lowest BCUT2D eigenvalue weighted by molar-refractivity contribution is 0.202. The van der Waals surface area contributed by atoms with E-state index in [0.29, 0.717) is 13.2 Å². The van der Waals surface area contributed by atoms with Gasteiger partial charge in [0.25, 0.3) is 0 Å². The monoisotopic (exact) mass is 218 g/mol. The van der Waals surface area contributed by atoms with Gasteiger partial charge in [0.2, 0.25) is 0 Å². The van der Waals surface area contributed by atoms with E-state index in [4.69, 9.17) is 10.00 Å². The Kier molecular flexibility index (Phi) is 5.38. The van der Waals surface area contributed by atoms with E-state index in [2.05, 4.69) is 17.5 Å². The third kappa shape index (κ3) is 3.92. The van der Waals surface area contributed by atoms with Gasteiger partial charge in [-0.2, -0.15) is 5.26 Å². The van der Waals surface area contributed by atoms with Crippen molar-refractivity contribution >= 4 is 5.69 Å². The molecule has 16 heavy (non-hydrogen) atoms. The number of nitrogens with one attached hydrogen (secondary N) is 1. The molecule has 86 valence electrons. The molecule has 0 bridgehead atoms. The van der Waals surface area contributed by atoms with Crippen molar-refractivity contribution in [2.45, 2.75) is 13.3 Å². The van der Waals surface area contributed by atoms with Crippen LogP contribution in [0, 0.1) is 17.2 Å². The highest BCUT2D eigenvalue weighted by Crippen LogP contribution is 2.16. The molecule has 0 aliphatic carbocycles. The average molecular weight is 218 g/mol. The highest BCUT2D eigenvalue weighted by atomic mass is 16.5. The zero-order valence-electron chi connectivity index (χ0n) is 9.86. The molecule has 0 aliphatic heterocycles. The van der Waals surface area contributed by atoms with Crippen molar-refractivity contribution < 1.29 is 4.74 Å². The summed E-state index contributed by atoms with van der Waals surface area (Å²) in [6.45, 7) is 3.30. The highest BCUT2D eigenvalue weighted by molar-refractivity contribution is 5.51. The minimum atomic E-state index is 0.0236. The van der Waals surface area contributed by atoms with Gasteiger partial charge < -0.3 is 10.1 Å². The summed E-state index contributed by atoms with van der Waals surface area (Å²) in [5, 5.41) is 12.0. The van der Waals surface area contributed by atoms with Crippen LogP contribution in [0.2, 0.25) is 0 Å². The molecule has 0 aromatic heterocycles. The van der Waals surface area contributed by atoms with Crippen LogP contribution in [0.15, 0.2) is 24.3 Å². The Morgan fingerprint density at radius 1 is 1.44 bits per heavy atom. The summed E-state index contributed by atoms with van der Waals surface area (Å²) < 4.78 is 5.07. The van der Waals surface area contributed by atoms with E-state index in [9.17, 15) is 0 Å². The molecular weight excluding hydrogens is 200 g/mol. The summed E-state index contributed by atoms with van der Waals surface area (Å²) in [4.78, 5) is 0. The fourth-order valence-corrected chi connectivity index (χ4v) is 1.43. The first-order valence-corrected chi connectivity index (χ1v) is 5.48. The van der Waals surface area contributed by atoms with Gasteiger partial charge in [0.1, 0.15) is 0 Å². The fourth-order valence-electron chi connectivity index (χ4n) is 1.43. The third-order valence-electron chi connectivity index (χ3n) is 2.41. The Morgan fingerprint density at radius 2 is 2.19 bits per heavy atom. The van der Waals surface area contributed by atoms with Crippen LogP contribution in [0.25, 0.3) is 0 Å². The molecule has 0 aliphatic rings.